The molecule has 1 fully saturated rings. The molecule has 2 rings (SSSR count). The van der Waals surface area contributed by atoms with E-state index in [2.05, 4.69) is 10.3 Å². The lowest BCUT2D eigenvalue weighted by atomic mass is 10.1. The molecule has 1 aliphatic rings. The van der Waals surface area contributed by atoms with Gasteiger partial charge in [0, 0.05) is 32.5 Å². The van der Waals surface area contributed by atoms with E-state index in [1.807, 2.05) is 0 Å². The van der Waals surface area contributed by atoms with Crippen LogP contribution in [0.1, 0.15) is 23.2 Å². The molecule has 2 amide bonds. The summed E-state index contributed by atoms with van der Waals surface area (Å²) in [7, 11) is 1.72. The minimum atomic E-state index is -1.08. The van der Waals surface area contributed by atoms with Gasteiger partial charge in [-0.25, -0.2) is 9.59 Å². The fourth-order valence-electron chi connectivity index (χ4n) is 2.08. The largest absolute Gasteiger partial charge is 0.478 e. The second-order valence-electron chi connectivity index (χ2n) is 4.65. The van der Waals surface area contributed by atoms with Gasteiger partial charge in [0.1, 0.15) is 0 Å². The van der Waals surface area contributed by atoms with Gasteiger partial charge in [-0.2, -0.15) is 0 Å². The van der Waals surface area contributed by atoms with Gasteiger partial charge < -0.3 is 20.1 Å². The molecule has 108 valence electrons. The lowest BCUT2D eigenvalue weighted by Crippen LogP contribution is -2.42. The molecule has 7 heteroatoms. The number of carbonyl (C=O) groups is 2. The molecule has 0 radical (unpaired) electrons. The number of carbonyl (C=O) groups excluding carboxylic acids is 1. The van der Waals surface area contributed by atoms with Crippen molar-refractivity contribution in [3.8, 4) is 0 Å². The highest BCUT2D eigenvalue weighted by atomic mass is 16.5. The number of nitrogens with one attached hydrogen (secondary N) is 1. The highest BCUT2D eigenvalue weighted by Gasteiger charge is 2.22. The Hall–Kier alpha value is -2.15. The minimum Gasteiger partial charge on any atom is -0.478 e. The third kappa shape index (κ3) is 3.45. The highest BCUT2D eigenvalue weighted by molar-refractivity contribution is 5.92. The number of rotatable bonds is 3. The molecule has 0 bridgehead atoms. The molecular weight excluding hydrogens is 262 g/mol. The van der Waals surface area contributed by atoms with Crippen LogP contribution < -0.4 is 5.32 Å². The van der Waals surface area contributed by atoms with Gasteiger partial charge in [-0.1, -0.05) is 0 Å². The summed E-state index contributed by atoms with van der Waals surface area (Å²) in [6.07, 6.45) is 4.26. The van der Waals surface area contributed by atoms with Crippen LogP contribution in [0.3, 0.4) is 0 Å². The summed E-state index contributed by atoms with van der Waals surface area (Å²) < 4.78 is 5.26. The van der Waals surface area contributed by atoms with Crippen molar-refractivity contribution in [2.75, 3.05) is 25.6 Å². The molecule has 0 aliphatic carbocycles. The van der Waals surface area contributed by atoms with Crippen LogP contribution >= 0.6 is 0 Å². The number of amides is 2. The van der Waals surface area contributed by atoms with Gasteiger partial charge in [-0.15, -0.1) is 0 Å². The maximum absolute atomic E-state index is 12.1. The zero-order valence-corrected chi connectivity index (χ0v) is 11.2. The van der Waals surface area contributed by atoms with Gasteiger partial charge >= 0.3 is 12.0 Å². The molecule has 1 aliphatic heterocycles. The molecule has 0 saturated carbocycles. The number of carboxylic acids is 1. The van der Waals surface area contributed by atoms with Crippen LogP contribution in [0.5, 0.6) is 0 Å². The van der Waals surface area contributed by atoms with E-state index in [9.17, 15) is 9.59 Å². The molecule has 20 heavy (non-hydrogen) atoms. The monoisotopic (exact) mass is 279 g/mol. The Labute approximate surface area is 116 Å². The van der Waals surface area contributed by atoms with E-state index in [4.69, 9.17) is 9.84 Å². The topological polar surface area (TPSA) is 91.8 Å². The fraction of sp³-hybridized carbons (Fsp3) is 0.462. The Morgan fingerprint density at radius 2 is 2.10 bits per heavy atom. The molecule has 0 unspecified atom stereocenters. The Bertz CT molecular complexity index is 500. The molecule has 2 heterocycles. The normalized spacial score (nSPS) is 15.7. The van der Waals surface area contributed by atoms with E-state index in [1.165, 1.54) is 18.5 Å². The lowest BCUT2D eigenvalue weighted by Gasteiger charge is -2.31. The molecule has 1 saturated heterocycles. The predicted molar refractivity (Wildman–Crippen MR) is 71.8 cm³/mol. The average Bonchev–Trinajstić information content (AvgIpc) is 2.47. The number of aromatic nitrogens is 1. The SMILES string of the molecule is CN(C(=O)Nc1cncc(C(=O)O)c1)C1CCOCC1. The van der Waals surface area contributed by atoms with Crippen LogP contribution in [0.2, 0.25) is 0 Å². The van der Waals surface area contributed by atoms with Crippen molar-refractivity contribution in [3.63, 3.8) is 0 Å². The van der Waals surface area contributed by atoms with Crippen molar-refractivity contribution in [2.45, 2.75) is 18.9 Å². The molecule has 2 N–H and O–H groups in total. The second-order valence-corrected chi connectivity index (χ2v) is 4.65. The number of carboxylic acid groups (broad SMARTS) is 1. The van der Waals surface area contributed by atoms with E-state index < -0.39 is 5.97 Å². The fourth-order valence-corrected chi connectivity index (χ4v) is 2.08. The number of anilines is 1. The van der Waals surface area contributed by atoms with Gasteiger partial charge in [-0.3, -0.25) is 4.98 Å². The van der Waals surface area contributed by atoms with Crippen molar-refractivity contribution < 1.29 is 19.4 Å². The van der Waals surface area contributed by atoms with Gasteiger partial charge in [-0.05, 0) is 18.9 Å². The summed E-state index contributed by atoms with van der Waals surface area (Å²) in [5.74, 6) is -1.08. The number of hydrogen-bond donors (Lipinski definition) is 2. The Morgan fingerprint density at radius 3 is 2.75 bits per heavy atom. The average molecular weight is 279 g/mol. The van der Waals surface area contributed by atoms with E-state index in [0.29, 0.717) is 18.9 Å². The molecule has 0 atom stereocenters. The molecule has 0 aromatic carbocycles. The van der Waals surface area contributed by atoms with Crippen LogP contribution in [0.25, 0.3) is 0 Å². The van der Waals surface area contributed by atoms with Gasteiger partial charge in [0.15, 0.2) is 0 Å². The second kappa shape index (κ2) is 6.33. The number of nitrogens with zero attached hydrogens (tertiary/aromatic N) is 2. The van der Waals surface area contributed by atoms with E-state index in [-0.39, 0.29) is 17.6 Å². The van der Waals surface area contributed by atoms with Gasteiger partial charge in [0.2, 0.25) is 0 Å². The first-order valence-corrected chi connectivity index (χ1v) is 6.38. The van der Waals surface area contributed by atoms with Gasteiger partial charge in [0.25, 0.3) is 0 Å². The minimum absolute atomic E-state index is 0.0384. The smallest absolute Gasteiger partial charge is 0.337 e. The van der Waals surface area contributed by atoms with Crippen molar-refractivity contribution in [2.24, 2.45) is 0 Å². The van der Waals surface area contributed by atoms with Crippen molar-refractivity contribution in [1.29, 1.82) is 0 Å². The molecular formula is C13H17N3O4. The third-order valence-electron chi connectivity index (χ3n) is 3.30. The van der Waals surface area contributed by atoms with Crippen LogP contribution in [0.15, 0.2) is 18.5 Å². The zero-order valence-electron chi connectivity index (χ0n) is 11.2. The van der Waals surface area contributed by atoms with Crippen LogP contribution in [-0.4, -0.2) is 53.3 Å². The zero-order chi connectivity index (χ0) is 14.5. The van der Waals surface area contributed by atoms with E-state index in [1.54, 1.807) is 11.9 Å². The Balaban J connectivity index is 1.99. The summed E-state index contributed by atoms with van der Waals surface area (Å²) in [4.78, 5) is 28.4. The maximum atomic E-state index is 12.1. The molecule has 0 spiro atoms. The number of aromatic carboxylic acids is 1. The first kappa shape index (κ1) is 14.3. The first-order valence-electron chi connectivity index (χ1n) is 6.38. The standard InChI is InChI=1S/C13H17N3O4/c1-16(11-2-4-20-5-3-11)13(19)15-10-6-9(12(17)18)7-14-8-10/h6-8,11H,2-5H2,1H3,(H,15,19)(H,17,18). The van der Waals surface area contributed by atoms with Crippen LogP contribution in [0, 0.1) is 0 Å². The maximum Gasteiger partial charge on any atom is 0.337 e. The Kier molecular flexibility index (Phi) is 4.52. The molecule has 7 nitrogen and oxygen atoms in total. The van der Waals surface area contributed by atoms with Crippen LogP contribution in [-0.2, 0) is 4.74 Å². The number of hydrogen-bond acceptors (Lipinski definition) is 4. The van der Waals surface area contributed by atoms with Crippen molar-refractivity contribution in [1.82, 2.24) is 9.88 Å². The van der Waals surface area contributed by atoms with E-state index >= 15 is 0 Å². The number of ether oxygens (including phenoxy) is 1. The summed E-state index contributed by atoms with van der Waals surface area (Å²) in [6, 6.07) is 1.24. The third-order valence-corrected chi connectivity index (χ3v) is 3.30. The first-order chi connectivity index (χ1) is 9.58. The summed E-state index contributed by atoms with van der Waals surface area (Å²) in [5, 5.41) is 11.5. The summed E-state index contributed by atoms with van der Waals surface area (Å²) >= 11 is 0. The molecule has 1 aromatic rings. The lowest BCUT2D eigenvalue weighted by molar-refractivity contribution is 0.0544. The predicted octanol–water partition coefficient (Wildman–Crippen LogP) is 1.42. The van der Waals surface area contributed by atoms with Gasteiger partial charge in [0.05, 0.1) is 17.4 Å². The quantitative estimate of drug-likeness (QED) is 0.873. The number of pyridine rings is 1. The summed E-state index contributed by atoms with van der Waals surface area (Å²) in [5.41, 5.74) is 0.408. The Morgan fingerprint density at radius 1 is 1.40 bits per heavy atom. The number of urea groups is 1. The molecule has 1 aromatic heterocycles. The van der Waals surface area contributed by atoms with E-state index in [0.717, 1.165) is 12.8 Å². The van der Waals surface area contributed by atoms with Crippen LogP contribution in [0.4, 0.5) is 10.5 Å². The van der Waals surface area contributed by atoms with Crippen molar-refractivity contribution in [3.05, 3.63) is 24.0 Å². The van der Waals surface area contributed by atoms with Crippen molar-refractivity contribution >= 4 is 17.7 Å². The summed E-state index contributed by atoms with van der Waals surface area (Å²) in [6.45, 7) is 1.30. The highest BCUT2D eigenvalue weighted by Crippen LogP contribution is 2.15.